The van der Waals surface area contributed by atoms with Gasteiger partial charge in [0.15, 0.2) is 0 Å². The molecule has 3 rings (SSSR count). The van der Waals surface area contributed by atoms with Crippen LogP contribution in [-0.4, -0.2) is 24.2 Å². The number of thiophene rings is 1. The maximum atomic E-state index is 5.44. The van der Waals surface area contributed by atoms with E-state index in [4.69, 9.17) is 9.47 Å². The van der Waals surface area contributed by atoms with E-state index >= 15 is 0 Å². The summed E-state index contributed by atoms with van der Waals surface area (Å²) in [7, 11) is 3.29. The number of hydrogen-bond donors (Lipinski definition) is 1. The highest BCUT2D eigenvalue weighted by Crippen LogP contribution is 2.37. The highest BCUT2D eigenvalue weighted by molar-refractivity contribution is 7.18. The number of nitrogens with one attached hydrogen (secondary N) is 1. The van der Waals surface area contributed by atoms with Crippen molar-refractivity contribution in [1.82, 2.24) is 9.97 Å². The second-order valence-electron chi connectivity index (χ2n) is 5.27. The second-order valence-corrected chi connectivity index (χ2v) is 6.48. The summed E-state index contributed by atoms with van der Waals surface area (Å²) in [5, 5.41) is 4.45. The highest BCUT2D eigenvalue weighted by atomic mass is 35.5. The first-order valence-corrected chi connectivity index (χ1v) is 8.08. The van der Waals surface area contributed by atoms with E-state index in [1.807, 2.05) is 25.1 Å². The number of aryl methyl sites for hydroxylation is 3. The van der Waals surface area contributed by atoms with Crippen molar-refractivity contribution in [2.24, 2.45) is 0 Å². The van der Waals surface area contributed by atoms with Crippen LogP contribution in [0.1, 0.15) is 16.3 Å². The third-order valence-electron chi connectivity index (χ3n) is 3.80. The molecule has 3 aromatic rings. The lowest BCUT2D eigenvalue weighted by Gasteiger charge is -2.13. The zero-order chi connectivity index (χ0) is 16.6. The quantitative estimate of drug-likeness (QED) is 0.719. The van der Waals surface area contributed by atoms with Gasteiger partial charge >= 0.3 is 0 Å². The predicted molar refractivity (Wildman–Crippen MR) is 102 cm³/mol. The zero-order valence-corrected chi connectivity index (χ0v) is 15.9. The van der Waals surface area contributed by atoms with Gasteiger partial charge in [-0.3, -0.25) is 0 Å². The van der Waals surface area contributed by atoms with E-state index in [9.17, 15) is 0 Å². The van der Waals surface area contributed by atoms with Crippen LogP contribution in [0.3, 0.4) is 0 Å². The fourth-order valence-electron chi connectivity index (χ4n) is 2.49. The van der Waals surface area contributed by atoms with Gasteiger partial charge in [0.25, 0.3) is 0 Å². The topological polar surface area (TPSA) is 56.3 Å². The molecule has 0 saturated carbocycles. The molecule has 5 nitrogen and oxygen atoms in total. The molecule has 1 N–H and O–H groups in total. The van der Waals surface area contributed by atoms with E-state index in [-0.39, 0.29) is 12.4 Å². The molecule has 0 radical (unpaired) electrons. The molecule has 7 heteroatoms. The van der Waals surface area contributed by atoms with Gasteiger partial charge in [-0.1, -0.05) is 0 Å². The summed E-state index contributed by atoms with van der Waals surface area (Å²) in [6.45, 7) is 6.10. The first-order chi connectivity index (χ1) is 11.0. The Morgan fingerprint density at radius 3 is 2.46 bits per heavy atom. The Hall–Kier alpha value is -2.05. The van der Waals surface area contributed by atoms with Crippen molar-refractivity contribution in [2.75, 3.05) is 19.5 Å². The van der Waals surface area contributed by atoms with Crippen molar-refractivity contribution in [3.05, 3.63) is 34.5 Å². The third kappa shape index (κ3) is 3.25. The van der Waals surface area contributed by atoms with Gasteiger partial charge in [-0.15, -0.1) is 23.7 Å². The molecule has 0 saturated heterocycles. The number of benzene rings is 1. The molecular weight excluding hydrogens is 346 g/mol. The number of methoxy groups -OCH3 is 2. The van der Waals surface area contributed by atoms with Crippen molar-refractivity contribution in [3.8, 4) is 11.5 Å². The molecule has 24 heavy (non-hydrogen) atoms. The maximum Gasteiger partial charge on any atom is 0.143 e. The molecule has 0 fully saturated rings. The van der Waals surface area contributed by atoms with Crippen LogP contribution < -0.4 is 14.8 Å². The van der Waals surface area contributed by atoms with E-state index in [1.54, 1.807) is 25.6 Å². The first kappa shape index (κ1) is 18.3. The molecule has 1 aromatic carbocycles. The van der Waals surface area contributed by atoms with Gasteiger partial charge in [0.2, 0.25) is 0 Å². The number of nitrogens with zero attached hydrogens (tertiary/aromatic N) is 2. The Bertz CT molecular complexity index is 880. The lowest BCUT2D eigenvalue weighted by atomic mass is 10.2. The molecule has 0 aliphatic rings. The Morgan fingerprint density at radius 2 is 1.79 bits per heavy atom. The first-order valence-electron chi connectivity index (χ1n) is 7.27. The van der Waals surface area contributed by atoms with Crippen LogP contribution in [0, 0.1) is 20.8 Å². The predicted octanol–water partition coefficient (Wildman–Crippen LogP) is 4.80. The average molecular weight is 366 g/mol. The number of fused-ring (bicyclic) bond motifs is 1. The van der Waals surface area contributed by atoms with Crippen LogP contribution in [0.2, 0.25) is 0 Å². The van der Waals surface area contributed by atoms with Gasteiger partial charge in [-0.25, -0.2) is 9.97 Å². The van der Waals surface area contributed by atoms with Crippen molar-refractivity contribution in [3.63, 3.8) is 0 Å². The number of ether oxygens (including phenoxy) is 2. The summed E-state index contributed by atoms with van der Waals surface area (Å²) in [6.07, 6.45) is 0. The Balaban J connectivity index is 0.00000208. The molecule has 0 amide bonds. The summed E-state index contributed by atoms with van der Waals surface area (Å²) >= 11 is 1.69. The smallest absolute Gasteiger partial charge is 0.143 e. The molecule has 0 unspecified atom stereocenters. The summed E-state index contributed by atoms with van der Waals surface area (Å²) in [6, 6.07) is 5.64. The van der Waals surface area contributed by atoms with Crippen molar-refractivity contribution < 1.29 is 9.47 Å². The molecule has 0 spiro atoms. The number of anilines is 2. The summed E-state index contributed by atoms with van der Waals surface area (Å²) in [5.41, 5.74) is 2.02. The fraction of sp³-hybridized carbons (Fsp3) is 0.294. The SMILES string of the molecule is COc1ccc(OC)c(Nc2nc(C)nc3sc(C)c(C)c23)c1.Cl. The monoisotopic (exact) mass is 365 g/mol. The lowest BCUT2D eigenvalue weighted by Crippen LogP contribution is -2.00. The number of halogens is 1. The van der Waals surface area contributed by atoms with Crippen LogP contribution in [0.5, 0.6) is 11.5 Å². The van der Waals surface area contributed by atoms with Crippen LogP contribution >= 0.6 is 23.7 Å². The standard InChI is InChI=1S/C17H19N3O2S.ClH/c1-9-10(2)23-17-15(9)16(18-11(3)19-17)20-13-8-12(21-4)6-7-14(13)22-5;/h6-8H,1-5H3,(H,18,19,20);1H. The van der Waals surface area contributed by atoms with Gasteiger partial charge < -0.3 is 14.8 Å². The van der Waals surface area contributed by atoms with Gasteiger partial charge in [0.05, 0.1) is 25.3 Å². The zero-order valence-electron chi connectivity index (χ0n) is 14.3. The van der Waals surface area contributed by atoms with Crippen LogP contribution in [0.25, 0.3) is 10.2 Å². The number of hydrogen-bond acceptors (Lipinski definition) is 6. The summed E-state index contributed by atoms with van der Waals surface area (Å²) in [5.74, 6) is 3.03. The Kier molecular flexibility index (Phi) is 5.51. The van der Waals surface area contributed by atoms with Crippen LogP contribution in [0.15, 0.2) is 18.2 Å². The summed E-state index contributed by atoms with van der Waals surface area (Å²) in [4.78, 5) is 11.4. The largest absolute Gasteiger partial charge is 0.497 e. The van der Waals surface area contributed by atoms with E-state index < -0.39 is 0 Å². The minimum Gasteiger partial charge on any atom is -0.497 e. The highest BCUT2D eigenvalue weighted by Gasteiger charge is 2.15. The van der Waals surface area contributed by atoms with Crippen LogP contribution in [0.4, 0.5) is 11.5 Å². The molecule has 2 heterocycles. The van der Waals surface area contributed by atoms with Gasteiger partial charge in [0.1, 0.15) is 28.0 Å². The Morgan fingerprint density at radius 1 is 1.04 bits per heavy atom. The van der Waals surface area contributed by atoms with Gasteiger partial charge in [-0.2, -0.15) is 0 Å². The Labute approximate surface area is 151 Å². The third-order valence-corrected chi connectivity index (χ3v) is 4.90. The lowest BCUT2D eigenvalue weighted by molar-refractivity contribution is 0.405. The normalized spacial score (nSPS) is 10.4. The average Bonchev–Trinajstić information content (AvgIpc) is 2.81. The molecule has 0 aliphatic carbocycles. The maximum absolute atomic E-state index is 5.44. The number of rotatable bonds is 4. The minimum absolute atomic E-state index is 0. The van der Waals surface area contributed by atoms with E-state index in [0.29, 0.717) is 0 Å². The van der Waals surface area contributed by atoms with E-state index in [1.165, 1.54) is 10.4 Å². The van der Waals surface area contributed by atoms with Crippen molar-refractivity contribution in [2.45, 2.75) is 20.8 Å². The van der Waals surface area contributed by atoms with Gasteiger partial charge in [-0.05, 0) is 38.5 Å². The molecule has 0 atom stereocenters. The molecule has 0 aliphatic heterocycles. The van der Waals surface area contributed by atoms with Crippen molar-refractivity contribution in [1.29, 1.82) is 0 Å². The molecule has 128 valence electrons. The minimum atomic E-state index is 0. The van der Waals surface area contributed by atoms with E-state index in [0.717, 1.165) is 39.0 Å². The van der Waals surface area contributed by atoms with Crippen molar-refractivity contribution >= 4 is 45.5 Å². The molecular formula is C17H20ClN3O2S. The molecule has 0 bridgehead atoms. The van der Waals surface area contributed by atoms with Crippen LogP contribution in [-0.2, 0) is 0 Å². The molecule has 2 aromatic heterocycles. The number of aromatic nitrogens is 2. The summed E-state index contributed by atoms with van der Waals surface area (Å²) < 4.78 is 10.7. The fourth-order valence-corrected chi connectivity index (χ4v) is 3.56. The second kappa shape index (κ2) is 7.23. The van der Waals surface area contributed by atoms with E-state index in [2.05, 4.69) is 29.1 Å². The van der Waals surface area contributed by atoms with Gasteiger partial charge in [0, 0.05) is 10.9 Å².